The SMILES string of the molecule is CC(C)COc1ccc(O)cc1Cn1ncc2cc(C(=O)O)ccc21. The van der Waals surface area contributed by atoms with Crippen LogP contribution < -0.4 is 4.74 Å². The Balaban J connectivity index is 1.93. The molecule has 6 nitrogen and oxygen atoms in total. The highest BCUT2D eigenvalue weighted by Gasteiger charge is 2.11. The quantitative estimate of drug-likeness (QED) is 0.717. The van der Waals surface area contributed by atoms with Crippen molar-refractivity contribution in [2.45, 2.75) is 20.4 Å². The summed E-state index contributed by atoms with van der Waals surface area (Å²) in [6.07, 6.45) is 1.64. The third-order valence-corrected chi connectivity index (χ3v) is 3.83. The average Bonchev–Trinajstić information content (AvgIpc) is 2.96. The summed E-state index contributed by atoms with van der Waals surface area (Å²) in [5, 5.41) is 24.0. The van der Waals surface area contributed by atoms with Crippen LogP contribution in [0.4, 0.5) is 0 Å². The topological polar surface area (TPSA) is 84.6 Å². The molecule has 0 saturated heterocycles. The number of phenolic OH excluding ortho intramolecular Hbond substituents is 1. The van der Waals surface area contributed by atoms with Crippen molar-refractivity contribution in [3.8, 4) is 11.5 Å². The smallest absolute Gasteiger partial charge is 0.335 e. The molecule has 0 spiro atoms. The van der Waals surface area contributed by atoms with Gasteiger partial charge in [0.25, 0.3) is 0 Å². The predicted molar refractivity (Wildman–Crippen MR) is 94.2 cm³/mol. The first kappa shape index (κ1) is 16.8. The van der Waals surface area contributed by atoms with E-state index < -0.39 is 5.97 Å². The predicted octanol–water partition coefficient (Wildman–Crippen LogP) is 3.52. The first-order chi connectivity index (χ1) is 11.9. The molecule has 3 rings (SSSR count). The van der Waals surface area contributed by atoms with Crippen LogP contribution in [0, 0.1) is 5.92 Å². The highest BCUT2D eigenvalue weighted by molar-refractivity contribution is 5.93. The molecule has 0 aliphatic carbocycles. The Morgan fingerprint density at radius 2 is 2.04 bits per heavy atom. The fourth-order valence-electron chi connectivity index (χ4n) is 2.59. The minimum absolute atomic E-state index is 0.163. The number of rotatable bonds is 6. The Bertz CT molecular complexity index is 915. The summed E-state index contributed by atoms with van der Waals surface area (Å²) in [7, 11) is 0. The van der Waals surface area contributed by atoms with E-state index >= 15 is 0 Å². The van der Waals surface area contributed by atoms with Gasteiger partial charge in [-0.25, -0.2) is 4.79 Å². The lowest BCUT2D eigenvalue weighted by molar-refractivity contribution is 0.0697. The number of carboxylic acid groups (broad SMARTS) is 1. The Hall–Kier alpha value is -3.02. The number of aromatic carboxylic acids is 1. The maximum atomic E-state index is 11.1. The fraction of sp³-hybridized carbons (Fsp3) is 0.263. The Morgan fingerprint density at radius 3 is 2.76 bits per heavy atom. The van der Waals surface area contributed by atoms with Crippen LogP contribution >= 0.6 is 0 Å². The van der Waals surface area contributed by atoms with E-state index in [9.17, 15) is 9.90 Å². The van der Waals surface area contributed by atoms with Crippen molar-refractivity contribution in [1.29, 1.82) is 0 Å². The van der Waals surface area contributed by atoms with Crippen LogP contribution in [0.25, 0.3) is 10.9 Å². The molecule has 25 heavy (non-hydrogen) atoms. The molecule has 0 aliphatic rings. The fourth-order valence-corrected chi connectivity index (χ4v) is 2.59. The summed E-state index contributed by atoms with van der Waals surface area (Å²) in [6.45, 7) is 5.14. The van der Waals surface area contributed by atoms with Gasteiger partial charge in [-0.1, -0.05) is 13.8 Å². The lowest BCUT2D eigenvalue weighted by Crippen LogP contribution is -2.08. The van der Waals surface area contributed by atoms with Crippen molar-refractivity contribution < 1.29 is 19.7 Å². The van der Waals surface area contributed by atoms with E-state index in [0.717, 1.165) is 16.5 Å². The van der Waals surface area contributed by atoms with Gasteiger partial charge in [-0.15, -0.1) is 0 Å². The zero-order valence-corrected chi connectivity index (χ0v) is 14.1. The molecule has 1 aromatic heterocycles. The molecular weight excluding hydrogens is 320 g/mol. The lowest BCUT2D eigenvalue weighted by atomic mass is 10.1. The van der Waals surface area contributed by atoms with Crippen molar-refractivity contribution in [2.24, 2.45) is 5.92 Å². The number of carbonyl (C=O) groups is 1. The van der Waals surface area contributed by atoms with Crippen LogP contribution in [0.2, 0.25) is 0 Å². The van der Waals surface area contributed by atoms with Gasteiger partial charge in [0, 0.05) is 10.9 Å². The molecule has 0 saturated carbocycles. The van der Waals surface area contributed by atoms with E-state index in [0.29, 0.717) is 24.8 Å². The van der Waals surface area contributed by atoms with Gasteiger partial charge >= 0.3 is 5.97 Å². The zero-order valence-electron chi connectivity index (χ0n) is 14.1. The highest BCUT2D eigenvalue weighted by Crippen LogP contribution is 2.26. The number of aromatic nitrogens is 2. The third-order valence-electron chi connectivity index (χ3n) is 3.83. The maximum Gasteiger partial charge on any atom is 0.335 e. The molecule has 0 bridgehead atoms. The van der Waals surface area contributed by atoms with Gasteiger partial charge < -0.3 is 14.9 Å². The zero-order chi connectivity index (χ0) is 18.0. The molecule has 0 fully saturated rings. The molecule has 0 radical (unpaired) electrons. The van der Waals surface area contributed by atoms with E-state index in [-0.39, 0.29) is 11.3 Å². The van der Waals surface area contributed by atoms with Gasteiger partial charge in [-0.05, 0) is 42.3 Å². The molecule has 2 aromatic carbocycles. The van der Waals surface area contributed by atoms with Crippen LogP contribution in [0.3, 0.4) is 0 Å². The minimum atomic E-state index is -0.966. The Kier molecular flexibility index (Phi) is 4.61. The van der Waals surface area contributed by atoms with Crippen molar-refractivity contribution >= 4 is 16.9 Å². The second-order valence-electron chi connectivity index (χ2n) is 6.38. The first-order valence-corrected chi connectivity index (χ1v) is 8.07. The van der Waals surface area contributed by atoms with Crippen molar-refractivity contribution in [3.63, 3.8) is 0 Å². The average molecular weight is 340 g/mol. The highest BCUT2D eigenvalue weighted by atomic mass is 16.5. The lowest BCUT2D eigenvalue weighted by Gasteiger charge is -2.14. The summed E-state index contributed by atoms with van der Waals surface area (Å²) in [4.78, 5) is 11.1. The minimum Gasteiger partial charge on any atom is -0.508 e. The monoisotopic (exact) mass is 340 g/mol. The molecule has 0 aliphatic heterocycles. The van der Waals surface area contributed by atoms with Crippen LogP contribution in [0.15, 0.2) is 42.6 Å². The van der Waals surface area contributed by atoms with Gasteiger partial charge in [0.2, 0.25) is 0 Å². The molecule has 1 heterocycles. The number of hydrogen-bond donors (Lipinski definition) is 2. The van der Waals surface area contributed by atoms with Crippen LogP contribution in [-0.2, 0) is 6.54 Å². The van der Waals surface area contributed by atoms with Gasteiger partial charge in [-0.2, -0.15) is 5.10 Å². The molecule has 0 unspecified atom stereocenters. The number of ether oxygens (including phenoxy) is 1. The number of aromatic hydroxyl groups is 1. The summed E-state index contributed by atoms with van der Waals surface area (Å²) in [6, 6.07) is 9.90. The molecule has 3 aromatic rings. The van der Waals surface area contributed by atoms with Crippen molar-refractivity contribution in [1.82, 2.24) is 9.78 Å². The number of fused-ring (bicyclic) bond motifs is 1. The third kappa shape index (κ3) is 3.74. The summed E-state index contributed by atoms with van der Waals surface area (Å²) < 4.78 is 7.60. The number of hydrogen-bond acceptors (Lipinski definition) is 4. The molecule has 130 valence electrons. The Morgan fingerprint density at radius 1 is 1.24 bits per heavy atom. The van der Waals surface area contributed by atoms with E-state index in [4.69, 9.17) is 9.84 Å². The van der Waals surface area contributed by atoms with Crippen LogP contribution in [-0.4, -0.2) is 32.6 Å². The largest absolute Gasteiger partial charge is 0.508 e. The summed E-state index contributed by atoms with van der Waals surface area (Å²) in [5.41, 5.74) is 1.86. The van der Waals surface area contributed by atoms with Gasteiger partial charge in [0.1, 0.15) is 11.5 Å². The molecule has 6 heteroatoms. The van der Waals surface area contributed by atoms with Gasteiger partial charge in [0.05, 0.1) is 30.4 Å². The number of benzene rings is 2. The van der Waals surface area contributed by atoms with E-state index in [1.165, 1.54) is 0 Å². The van der Waals surface area contributed by atoms with Crippen molar-refractivity contribution in [3.05, 3.63) is 53.7 Å². The molecule has 0 atom stereocenters. The van der Waals surface area contributed by atoms with Crippen LogP contribution in [0.5, 0.6) is 11.5 Å². The second-order valence-corrected chi connectivity index (χ2v) is 6.38. The molecular formula is C19H20N2O4. The number of nitrogens with zero attached hydrogens (tertiary/aromatic N) is 2. The van der Waals surface area contributed by atoms with E-state index in [1.54, 1.807) is 47.3 Å². The van der Waals surface area contributed by atoms with Gasteiger partial charge in [0.15, 0.2) is 0 Å². The van der Waals surface area contributed by atoms with E-state index in [1.807, 2.05) is 0 Å². The molecule has 2 N–H and O–H groups in total. The van der Waals surface area contributed by atoms with E-state index in [2.05, 4.69) is 18.9 Å². The van der Waals surface area contributed by atoms with Crippen molar-refractivity contribution in [2.75, 3.05) is 6.61 Å². The molecule has 0 amide bonds. The second kappa shape index (κ2) is 6.84. The Labute approximate surface area is 145 Å². The maximum absolute atomic E-state index is 11.1. The normalized spacial score (nSPS) is 11.2. The summed E-state index contributed by atoms with van der Waals surface area (Å²) in [5.74, 6) is 0.294. The van der Waals surface area contributed by atoms with Gasteiger partial charge in [-0.3, -0.25) is 4.68 Å². The number of phenols is 1. The summed E-state index contributed by atoms with van der Waals surface area (Å²) >= 11 is 0. The van der Waals surface area contributed by atoms with Crippen LogP contribution in [0.1, 0.15) is 29.8 Å². The standard InChI is InChI=1S/C19H20N2O4/c1-12(2)11-25-18-6-4-16(22)8-15(18)10-21-17-5-3-13(19(23)24)7-14(17)9-20-21/h3-9,12,22H,10-11H2,1-2H3,(H,23,24). The number of carboxylic acids is 1. The first-order valence-electron chi connectivity index (χ1n) is 8.07.